The van der Waals surface area contributed by atoms with E-state index in [9.17, 15) is 9.59 Å². The van der Waals surface area contributed by atoms with Crippen LogP contribution in [0.4, 0.5) is 0 Å². The highest BCUT2D eigenvalue weighted by Gasteiger charge is 2.52. The molecule has 5 heterocycles. The monoisotopic (exact) mass is 1000 g/mol. The maximum absolute atomic E-state index is 13.5. The van der Waals surface area contributed by atoms with E-state index in [0.717, 1.165) is 109 Å². The average molecular weight is 1010 g/mol. The Morgan fingerprint density at radius 3 is 1.66 bits per heavy atom. The first-order valence-corrected chi connectivity index (χ1v) is 24.0. The third-order valence-corrected chi connectivity index (χ3v) is 14.1. The number of hydrogen-bond donors (Lipinski definition) is 1. The second kappa shape index (κ2) is 18.6. The first-order chi connectivity index (χ1) is 32.1. The summed E-state index contributed by atoms with van der Waals surface area (Å²) in [4.78, 5) is 33.0. The van der Waals surface area contributed by atoms with E-state index >= 15 is 0 Å². The van der Waals surface area contributed by atoms with Crippen LogP contribution in [0.25, 0.3) is 87.4 Å². The fraction of sp³-hybridized carbons (Fsp3) is 0.214. The van der Waals surface area contributed by atoms with Gasteiger partial charge in [0.2, 0.25) is 0 Å². The SMILES string of the molecule is C.CS.Cc1ccc(Br)c2c1oc1c(C)ccc(B3OC(C)(C)C(C)(C)O3)c12.Cc1ccc2c(=O)c3cc4ccccc4nc3c3ccc(C)c4oc1c2c43.O=Cc1cc2ccccc2nc1Cl. The number of nitrogens with zero attached hydrogens (tertiary/aromatic N) is 2. The van der Waals surface area contributed by atoms with Gasteiger partial charge in [-0.25, -0.2) is 9.97 Å². The van der Waals surface area contributed by atoms with Crippen molar-refractivity contribution in [3.63, 3.8) is 0 Å². The minimum Gasteiger partial charge on any atom is -0.455 e. The molecule has 68 heavy (non-hydrogen) atoms. The number of aromatic nitrogens is 2. The van der Waals surface area contributed by atoms with E-state index in [2.05, 4.69) is 105 Å². The van der Waals surface area contributed by atoms with E-state index < -0.39 is 7.12 Å². The lowest BCUT2D eigenvalue weighted by Gasteiger charge is -2.32. The minimum absolute atomic E-state index is 0. The van der Waals surface area contributed by atoms with Crippen LogP contribution in [0.2, 0.25) is 5.15 Å². The number of hydrogen-bond acceptors (Lipinski definition) is 9. The van der Waals surface area contributed by atoms with Gasteiger partial charge in [-0.05, 0) is 126 Å². The summed E-state index contributed by atoms with van der Waals surface area (Å²) < 4.78 is 26.1. The third kappa shape index (κ3) is 8.11. The van der Waals surface area contributed by atoms with Crippen LogP contribution in [-0.4, -0.2) is 40.8 Å². The lowest BCUT2D eigenvalue weighted by molar-refractivity contribution is 0.00578. The Morgan fingerprint density at radius 1 is 0.603 bits per heavy atom. The Balaban J connectivity index is 0.000000142. The van der Waals surface area contributed by atoms with Crippen molar-refractivity contribution in [1.82, 2.24) is 9.97 Å². The van der Waals surface area contributed by atoms with Crippen LogP contribution in [-0.2, 0) is 9.31 Å². The Bertz CT molecular complexity index is 3810. The molecule has 1 aliphatic heterocycles. The van der Waals surface area contributed by atoms with Crippen LogP contribution in [0.1, 0.15) is 67.7 Å². The van der Waals surface area contributed by atoms with Crippen molar-refractivity contribution >= 4 is 146 Å². The van der Waals surface area contributed by atoms with Gasteiger partial charge >= 0.3 is 7.12 Å². The van der Waals surface area contributed by atoms with Gasteiger partial charge in [0.25, 0.3) is 0 Å². The molecule has 4 aromatic heterocycles. The first-order valence-electron chi connectivity index (χ1n) is 21.9. The number of fused-ring (bicyclic) bond motifs is 7. The lowest BCUT2D eigenvalue weighted by atomic mass is 9.76. The maximum Gasteiger partial charge on any atom is 0.495 e. The largest absolute Gasteiger partial charge is 0.495 e. The number of aryl methyl sites for hydroxylation is 4. The molecule has 344 valence electrons. The molecule has 0 radical (unpaired) electrons. The van der Waals surface area contributed by atoms with Crippen LogP contribution in [0.5, 0.6) is 0 Å². The van der Waals surface area contributed by atoms with E-state index in [4.69, 9.17) is 34.7 Å². The zero-order valence-corrected chi connectivity index (χ0v) is 41.8. The fourth-order valence-corrected chi connectivity index (χ4v) is 9.54. The quantitative estimate of drug-likeness (QED) is 0.0790. The molecule has 0 unspecified atom stereocenters. The van der Waals surface area contributed by atoms with E-state index in [1.165, 1.54) is 0 Å². The third-order valence-electron chi connectivity index (χ3n) is 13.1. The molecule has 1 saturated heterocycles. The number of benzene rings is 6. The molecule has 0 aliphatic carbocycles. The molecule has 7 aromatic carbocycles. The number of furan rings is 2. The van der Waals surface area contributed by atoms with Crippen molar-refractivity contribution in [3.8, 4) is 0 Å². The van der Waals surface area contributed by atoms with E-state index in [-0.39, 0.29) is 29.2 Å². The first kappa shape index (κ1) is 48.6. The summed E-state index contributed by atoms with van der Waals surface area (Å²) in [6, 6.07) is 35.5. The van der Waals surface area contributed by atoms with Crippen LogP contribution >= 0.6 is 40.2 Å². The van der Waals surface area contributed by atoms with E-state index in [1.807, 2.05) is 86.6 Å². The van der Waals surface area contributed by atoms with Gasteiger partial charge in [-0.15, -0.1) is 0 Å². The summed E-state index contributed by atoms with van der Waals surface area (Å²) in [6.45, 7) is 16.5. The van der Waals surface area contributed by atoms with Crippen LogP contribution < -0.4 is 10.9 Å². The molecule has 8 nitrogen and oxygen atoms in total. The number of aldehydes is 1. The number of para-hydroxylation sites is 2. The van der Waals surface area contributed by atoms with Crippen molar-refractivity contribution in [2.45, 2.75) is 74.0 Å². The van der Waals surface area contributed by atoms with Crippen LogP contribution in [0.3, 0.4) is 0 Å². The van der Waals surface area contributed by atoms with Gasteiger partial charge in [-0.2, -0.15) is 12.6 Å². The normalized spacial score (nSPS) is 14.0. The van der Waals surface area contributed by atoms with Gasteiger partial charge in [0.1, 0.15) is 27.5 Å². The van der Waals surface area contributed by atoms with Crippen LogP contribution in [0, 0.1) is 27.7 Å². The predicted molar refractivity (Wildman–Crippen MR) is 291 cm³/mol. The van der Waals surface area contributed by atoms with Gasteiger partial charge in [0.15, 0.2) is 11.7 Å². The lowest BCUT2D eigenvalue weighted by Crippen LogP contribution is -2.41. The summed E-state index contributed by atoms with van der Waals surface area (Å²) in [5, 5.41) is 8.54. The highest BCUT2D eigenvalue weighted by molar-refractivity contribution is 9.10. The number of pyridine rings is 2. The fourth-order valence-electron chi connectivity index (χ4n) is 8.84. The van der Waals surface area contributed by atoms with Crippen molar-refractivity contribution in [2.75, 3.05) is 6.26 Å². The second-order valence-corrected chi connectivity index (χ2v) is 19.1. The van der Waals surface area contributed by atoms with Gasteiger partial charge in [-0.1, -0.05) is 108 Å². The van der Waals surface area contributed by atoms with Crippen molar-refractivity contribution in [2.24, 2.45) is 0 Å². The standard InChI is InChI=1S/C24H15NO2.C20H22BBrO3.C10H6ClNO.CH4S.CH4/c1-12-7-9-15-19-20-16(10-8-13(2)24(20)27-23(12)19)22(26)17-11-14-5-3-4-6-18(14)25-21(15)17;1-11-7-9-13(21-24-19(3,4)20(5,6)25-21)15-16-14(22)10-8-12(2)18(16)23-17(11)15;11-10-8(6-13)5-7-3-1-2-4-9(7)12-10;1-2;/h3-11H,1-2H3;7-10H,1-6H3;1-6H;2H,1H3;1H4. The Kier molecular flexibility index (Phi) is 13.3. The zero-order valence-electron chi connectivity index (χ0n) is 38.6. The topological polar surface area (TPSA) is 105 Å². The molecule has 11 aromatic rings. The zero-order chi connectivity index (χ0) is 47.7. The maximum atomic E-state index is 13.5. The molecule has 0 bridgehead atoms. The summed E-state index contributed by atoms with van der Waals surface area (Å²) in [6.07, 6.45) is 2.40. The molecule has 1 aliphatic rings. The van der Waals surface area contributed by atoms with Gasteiger partial charge in [-0.3, -0.25) is 9.59 Å². The number of halogens is 2. The molecular formula is C56H51BBrClN2O6S. The molecular weight excluding hydrogens is 955 g/mol. The summed E-state index contributed by atoms with van der Waals surface area (Å²) in [5.74, 6) is 0. The molecule has 0 spiro atoms. The molecule has 0 amide bonds. The van der Waals surface area contributed by atoms with E-state index in [1.54, 1.807) is 12.3 Å². The van der Waals surface area contributed by atoms with Gasteiger partial charge < -0.3 is 18.1 Å². The molecule has 0 atom stereocenters. The average Bonchev–Trinajstić information content (AvgIpc) is 3.98. The summed E-state index contributed by atoms with van der Waals surface area (Å²) in [7, 11) is -0.415. The molecule has 0 N–H and O–H groups in total. The van der Waals surface area contributed by atoms with E-state index in [0.29, 0.717) is 22.6 Å². The van der Waals surface area contributed by atoms with Crippen molar-refractivity contribution in [3.05, 3.63) is 157 Å². The Morgan fingerprint density at radius 2 is 1.07 bits per heavy atom. The minimum atomic E-state index is -0.415. The van der Waals surface area contributed by atoms with Crippen molar-refractivity contribution in [1.29, 1.82) is 0 Å². The number of thiol groups is 1. The van der Waals surface area contributed by atoms with Gasteiger partial charge in [0.05, 0.1) is 33.3 Å². The number of carbonyl (C=O) groups is 1. The number of rotatable bonds is 2. The summed E-state index contributed by atoms with van der Waals surface area (Å²) >= 11 is 13.0. The molecule has 1 fully saturated rings. The highest BCUT2D eigenvalue weighted by atomic mass is 79.9. The van der Waals surface area contributed by atoms with Crippen molar-refractivity contribution < 1.29 is 22.9 Å². The Hall–Kier alpha value is -5.82. The molecule has 0 saturated carbocycles. The van der Waals surface area contributed by atoms with Gasteiger partial charge in [0, 0.05) is 52.9 Å². The smallest absolute Gasteiger partial charge is 0.455 e. The predicted octanol–water partition coefficient (Wildman–Crippen LogP) is 15.0. The van der Waals surface area contributed by atoms with Crippen LogP contribution in [0.15, 0.2) is 127 Å². The Labute approximate surface area is 414 Å². The second-order valence-electron chi connectivity index (χ2n) is 17.9. The number of carbonyl (C=O) groups excluding carboxylic acids is 1. The highest BCUT2D eigenvalue weighted by Crippen LogP contribution is 2.42. The summed E-state index contributed by atoms with van der Waals surface area (Å²) in [5.41, 5.74) is 10.9. The molecule has 12 heteroatoms. The molecule has 12 rings (SSSR count).